The van der Waals surface area contributed by atoms with Crippen molar-refractivity contribution < 1.29 is 9.59 Å². The summed E-state index contributed by atoms with van der Waals surface area (Å²) in [5.41, 5.74) is 0.220. The van der Waals surface area contributed by atoms with E-state index in [1.165, 1.54) is 17.1 Å². The first-order valence-electron chi connectivity index (χ1n) is 5.09. The first-order chi connectivity index (χ1) is 6.55. The lowest BCUT2D eigenvalue weighted by atomic mass is 9.92. The summed E-state index contributed by atoms with van der Waals surface area (Å²) in [5, 5.41) is 0. The minimum Gasteiger partial charge on any atom is -0.275 e. The third-order valence-corrected chi connectivity index (χ3v) is 3.49. The Kier molecular flexibility index (Phi) is 1.98. The molecule has 0 N–H and O–H groups in total. The van der Waals surface area contributed by atoms with E-state index >= 15 is 0 Å². The van der Waals surface area contributed by atoms with Crippen molar-refractivity contribution in [3.05, 3.63) is 12.2 Å². The molecular weight excluding hydrogens is 178 g/mol. The van der Waals surface area contributed by atoms with Crippen LogP contribution in [-0.4, -0.2) is 23.3 Å². The molecule has 0 aromatic carbocycles. The third-order valence-electron chi connectivity index (χ3n) is 3.49. The molecule has 0 aromatic rings. The zero-order valence-corrected chi connectivity index (χ0v) is 8.62. The van der Waals surface area contributed by atoms with E-state index in [1.807, 2.05) is 0 Å². The van der Waals surface area contributed by atoms with E-state index in [1.54, 1.807) is 0 Å². The Labute approximate surface area is 83.8 Å². The molecule has 3 heteroatoms. The maximum absolute atomic E-state index is 11.3. The second kappa shape index (κ2) is 2.94. The number of carbonyl (C=O) groups is 2. The summed E-state index contributed by atoms with van der Waals surface area (Å²) < 4.78 is 0. The fourth-order valence-corrected chi connectivity index (χ4v) is 1.98. The van der Waals surface area contributed by atoms with Gasteiger partial charge >= 0.3 is 0 Å². The Morgan fingerprint density at radius 1 is 1.29 bits per heavy atom. The van der Waals surface area contributed by atoms with Crippen molar-refractivity contribution >= 4 is 11.8 Å². The van der Waals surface area contributed by atoms with Crippen molar-refractivity contribution in [1.82, 2.24) is 4.90 Å². The highest BCUT2D eigenvalue weighted by atomic mass is 16.2. The van der Waals surface area contributed by atoms with Gasteiger partial charge in [0.25, 0.3) is 11.8 Å². The lowest BCUT2D eigenvalue weighted by Crippen LogP contribution is -2.37. The molecule has 14 heavy (non-hydrogen) atoms. The molecule has 2 rings (SSSR count). The second-order valence-corrected chi connectivity index (χ2v) is 4.61. The van der Waals surface area contributed by atoms with Crippen LogP contribution >= 0.6 is 0 Å². The standard InChI is InChI=1S/C11H15NO2/c1-8(2)11(5-6-11)7-12-9(13)3-4-10(12)14/h3-4,8H,5-7H2,1-2H3. The first-order valence-corrected chi connectivity index (χ1v) is 5.09. The molecule has 1 fully saturated rings. The minimum absolute atomic E-state index is 0.151. The van der Waals surface area contributed by atoms with Gasteiger partial charge in [0.05, 0.1) is 0 Å². The normalized spacial score (nSPS) is 23.8. The van der Waals surface area contributed by atoms with Gasteiger partial charge in [0.15, 0.2) is 0 Å². The Balaban J connectivity index is 2.05. The molecule has 76 valence electrons. The summed E-state index contributed by atoms with van der Waals surface area (Å²) >= 11 is 0. The quantitative estimate of drug-likeness (QED) is 0.634. The molecule has 0 bridgehead atoms. The van der Waals surface area contributed by atoms with E-state index < -0.39 is 0 Å². The van der Waals surface area contributed by atoms with Crippen LogP contribution in [0.4, 0.5) is 0 Å². The number of hydrogen-bond acceptors (Lipinski definition) is 2. The van der Waals surface area contributed by atoms with Crippen molar-refractivity contribution in [3.63, 3.8) is 0 Å². The molecule has 2 aliphatic rings. The van der Waals surface area contributed by atoms with Gasteiger partial charge in [-0.2, -0.15) is 0 Å². The van der Waals surface area contributed by atoms with Gasteiger partial charge in [-0.3, -0.25) is 14.5 Å². The van der Waals surface area contributed by atoms with E-state index in [-0.39, 0.29) is 17.2 Å². The Hall–Kier alpha value is -1.12. The van der Waals surface area contributed by atoms with Gasteiger partial charge in [0, 0.05) is 18.7 Å². The molecule has 0 saturated heterocycles. The van der Waals surface area contributed by atoms with Crippen LogP contribution in [0.2, 0.25) is 0 Å². The molecule has 1 saturated carbocycles. The molecule has 0 aromatic heterocycles. The van der Waals surface area contributed by atoms with Crippen molar-refractivity contribution in [2.45, 2.75) is 26.7 Å². The number of rotatable bonds is 3. The zero-order valence-electron chi connectivity index (χ0n) is 8.62. The van der Waals surface area contributed by atoms with Crippen molar-refractivity contribution in [3.8, 4) is 0 Å². The average molecular weight is 193 g/mol. The fraction of sp³-hybridized carbons (Fsp3) is 0.636. The van der Waals surface area contributed by atoms with Crippen molar-refractivity contribution in [2.75, 3.05) is 6.54 Å². The molecule has 2 amide bonds. The van der Waals surface area contributed by atoms with Gasteiger partial charge in [-0.15, -0.1) is 0 Å². The van der Waals surface area contributed by atoms with Gasteiger partial charge in [-0.1, -0.05) is 13.8 Å². The third kappa shape index (κ3) is 1.37. The molecule has 3 nitrogen and oxygen atoms in total. The smallest absolute Gasteiger partial charge is 0.253 e. The van der Waals surface area contributed by atoms with Gasteiger partial charge < -0.3 is 0 Å². The monoisotopic (exact) mass is 193 g/mol. The molecule has 0 atom stereocenters. The maximum atomic E-state index is 11.3. The van der Waals surface area contributed by atoms with Crippen LogP contribution in [0.1, 0.15) is 26.7 Å². The van der Waals surface area contributed by atoms with E-state index in [0.29, 0.717) is 12.5 Å². The van der Waals surface area contributed by atoms with E-state index in [9.17, 15) is 9.59 Å². The number of hydrogen-bond donors (Lipinski definition) is 0. The molecule has 0 radical (unpaired) electrons. The summed E-state index contributed by atoms with van der Waals surface area (Å²) in [7, 11) is 0. The van der Waals surface area contributed by atoms with Gasteiger partial charge in [0.1, 0.15) is 0 Å². The van der Waals surface area contributed by atoms with Gasteiger partial charge in [0.2, 0.25) is 0 Å². The SMILES string of the molecule is CC(C)C1(CN2C(=O)C=CC2=O)CC1. The van der Waals surface area contributed by atoms with Crippen LogP contribution < -0.4 is 0 Å². The number of amides is 2. The van der Waals surface area contributed by atoms with Crippen molar-refractivity contribution in [2.24, 2.45) is 11.3 Å². The Morgan fingerprint density at radius 2 is 1.79 bits per heavy atom. The summed E-state index contributed by atoms with van der Waals surface area (Å²) in [6.45, 7) is 4.92. The van der Waals surface area contributed by atoms with Crippen molar-refractivity contribution in [1.29, 1.82) is 0 Å². The predicted molar refractivity (Wildman–Crippen MR) is 52.4 cm³/mol. The highest BCUT2D eigenvalue weighted by molar-refractivity contribution is 6.12. The number of imide groups is 1. The lowest BCUT2D eigenvalue weighted by molar-refractivity contribution is -0.138. The van der Waals surface area contributed by atoms with Gasteiger partial charge in [-0.05, 0) is 24.2 Å². The molecule has 1 aliphatic carbocycles. The minimum atomic E-state index is -0.151. The number of carbonyl (C=O) groups excluding carboxylic acids is 2. The summed E-state index contributed by atoms with van der Waals surface area (Å²) in [4.78, 5) is 24.0. The van der Waals surface area contributed by atoms with Crippen LogP contribution in [0.15, 0.2) is 12.2 Å². The predicted octanol–water partition coefficient (Wildman–Crippen LogP) is 1.35. The van der Waals surface area contributed by atoms with E-state index in [0.717, 1.165) is 12.8 Å². The average Bonchev–Trinajstić information content (AvgIpc) is 2.84. The Bertz CT molecular complexity index is 295. The van der Waals surface area contributed by atoms with E-state index in [2.05, 4.69) is 13.8 Å². The fourth-order valence-electron chi connectivity index (χ4n) is 1.98. The lowest BCUT2D eigenvalue weighted by Gasteiger charge is -2.24. The maximum Gasteiger partial charge on any atom is 0.253 e. The van der Waals surface area contributed by atoms with Crippen LogP contribution in [0.25, 0.3) is 0 Å². The number of nitrogens with zero attached hydrogens (tertiary/aromatic N) is 1. The second-order valence-electron chi connectivity index (χ2n) is 4.61. The topological polar surface area (TPSA) is 37.4 Å². The molecular formula is C11H15NO2. The van der Waals surface area contributed by atoms with E-state index in [4.69, 9.17) is 0 Å². The summed E-state index contributed by atoms with van der Waals surface area (Å²) in [6.07, 6.45) is 5.00. The Morgan fingerprint density at radius 3 is 2.14 bits per heavy atom. The molecule has 0 unspecified atom stereocenters. The van der Waals surface area contributed by atoms with Crippen LogP contribution in [-0.2, 0) is 9.59 Å². The molecule has 0 spiro atoms. The molecule has 1 heterocycles. The molecule has 1 aliphatic heterocycles. The first kappa shape index (κ1) is 9.44. The summed E-state index contributed by atoms with van der Waals surface area (Å²) in [6, 6.07) is 0. The largest absolute Gasteiger partial charge is 0.275 e. The van der Waals surface area contributed by atoms with Crippen LogP contribution in [0.5, 0.6) is 0 Å². The van der Waals surface area contributed by atoms with Crippen LogP contribution in [0.3, 0.4) is 0 Å². The summed E-state index contributed by atoms with van der Waals surface area (Å²) in [5.74, 6) is 0.243. The van der Waals surface area contributed by atoms with Gasteiger partial charge in [-0.25, -0.2) is 0 Å². The zero-order chi connectivity index (χ0) is 10.3. The van der Waals surface area contributed by atoms with Crippen LogP contribution in [0, 0.1) is 11.3 Å². The highest BCUT2D eigenvalue weighted by Crippen LogP contribution is 2.52. The highest BCUT2D eigenvalue weighted by Gasteiger charge is 2.48.